The second kappa shape index (κ2) is 7.90. The number of rotatable bonds is 4. The molecular formula is C22H32N2O. The largest absolute Gasteiger partial charge is 0.334 e. The fourth-order valence-corrected chi connectivity index (χ4v) is 5.06. The SMILES string of the molecule is O=C(c1ccc(C2CCCCC2)cc1)N1CCCC1CN1CCCC1. The molecule has 2 heterocycles. The fourth-order valence-electron chi connectivity index (χ4n) is 5.06. The van der Waals surface area contributed by atoms with Gasteiger partial charge in [0.25, 0.3) is 5.91 Å². The average Bonchev–Trinajstić information content (AvgIpc) is 3.34. The van der Waals surface area contributed by atoms with Crippen molar-refractivity contribution in [2.45, 2.75) is 69.7 Å². The van der Waals surface area contributed by atoms with Gasteiger partial charge in [-0.05, 0) is 75.2 Å². The number of likely N-dealkylation sites (tertiary alicyclic amines) is 2. The van der Waals surface area contributed by atoms with Crippen molar-refractivity contribution in [2.24, 2.45) is 0 Å². The van der Waals surface area contributed by atoms with Crippen molar-refractivity contribution >= 4 is 5.91 Å². The average molecular weight is 341 g/mol. The molecule has 0 aromatic heterocycles. The van der Waals surface area contributed by atoms with Crippen molar-refractivity contribution in [1.82, 2.24) is 9.80 Å². The van der Waals surface area contributed by atoms with Crippen molar-refractivity contribution in [3.05, 3.63) is 35.4 Å². The van der Waals surface area contributed by atoms with Crippen LogP contribution < -0.4 is 0 Å². The summed E-state index contributed by atoms with van der Waals surface area (Å²) < 4.78 is 0. The van der Waals surface area contributed by atoms with E-state index in [9.17, 15) is 4.79 Å². The van der Waals surface area contributed by atoms with Gasteiger partial charge in [0.1, 0.15) is 0 Å². The molecule has 136 valence electrons. The van der Waals surface area contributed by atoms with Crippen LogP contribution in [-0.4, -0.2) is 47.9 Å². The molecule has 3 nitrogen and oxygen atoms in total. The lowest BCUT2D eigenvalue weighted by molar-refractivity contribution is 0.0709. The predicted molar refractivity (Wildman–Crippen MR) is 102 cm³/mol. The van der Waals surface area contributed by atoms with E-state index in [4.69, 9.17) is 0 Å². The van der Waals surface area contributed by atoms with Crippen molar-refractivity contribution in [2.75, 3.05) is 26.2 Å². The minimum absolute atomic E-state index is 0.247. The first-order valence-corrected chi connectivity index (χ1v) is 10.4. The van der Waals surface area contributed by atoms with E-state index in [1.807, 2.05) is 0 Å². The number of amides is 1. The highest BCUT2D eigenvalue weighted by Crippen LogP contribution is 2.33. The third-order valence-corrected chi connectivity index (χ3v) is 6.54. The zero-order valence-electron chi connectivity index (χ0n) is 15.5. The molecule has 1 amide bonds. The molecule has 4 rings (SSSR count). The maximum absolute atomic E-state index is 13.0. The Bertz CT molecular complexity index is 570. The quantitative estimate of drug-likeness (QED) is 0.809. The molecule has 0 N–H and O–H groups in total. The van der Waals surface area contributed by atoms with Gasteiger partial charge >= 0.3 is 0 Å². The molecule has 25 heavy (non-hydrogen) atoms. The zero-order valence-corrected chi connectivity index (χ0v) is 15.5. The maximum Gasteiger partial charge on any atom is 0.254 e. The third kappa shape index (κ3) is 3.92. The topological polar surface area (TPSA) is 23.6 Å². The van der Waals surface area contributed by atoms with Crippen LogP contribution in [0.2, 0.25) is 0 Å². The molecule has 1 aliphatic carbocycles. The Balaban J connectivity index is 1.40. The second-order valence-electron chi connectivity index (χ2n) is 8.26. The molecule has 1 saturated carbocycles. The highest BCUT2D eigenvalue weighted by atomic mass is 16.2. The highest BCUT2D eigenvalue weighted by molar-refractivity contribution is 5.94. The van der Waals surface area contributed by atoms with E-state index in [1.54, 1.807) is 0 Å². The summed E-state index contributed by atoms with van der Waals surface area (Å²) >= 11 is 0. The van der Waals surface area contributed by atoms with Crippen LogP contribution in [-0.2, 0) is 0 Å². The second-order valence-corrected chi connectivity index (χ2v) is 8.26. The first-order chi connectivity index (χ1) is 12.3. The summed E-state index contributed by atoms with van der Waals surface area (Å²) in [4.78, 5) is 17.7. The van der Waals surface area contributed by atoms with E-state index >= 15 is 0 Å². The van der Waals surface area contributed by atoms with Crippen molar-refractivity contribution < 1.29 is 4.79 Å². The first kappa shape index (κ1) is 17.1. The molecule has 0 radical (unpaired) electrons. The van der Waals surface area contributed by atoms with Crippen molar-refractivity contribution in [3.63, 3.8) is 0 Å². The van der Waals surface area contributed by atoms with Crippen LogP contribution in [0, 0.1) is 0 Å². The van der Waals surface area contributed by atoms with Crippen LogP contribution in [0.1, 0.15) is 79.6 Å². The molecule has 0 spiro atoms. The van der Waals surface area contributed by atoms with Crippen LogP contribution in [0.3, 0.4) is 0 Å². The Morgan fingerprint density at radius 3 is 2.28 bits per heavy atom. The molecule has 3 heteroatoms. The molecule has 3 aliphatic rings. The van der Waals surface area contributed by atoms with Gasteiger partial charge in [-0.25, -0.2) is 0 Å². The Kier molecular flexibility index (Phi) is 5.40. The number of nitrogens with zero attached hydrogens (tertiary/aromatic N) is 2. The zero-order chi connectivity index (χ0) is 17.1. The molecule has 1 unspecified atom stereocenters. The Morgan fingerprint density at radius 2 is 1.56 bits per heavy atom. The third-order valence-electron chi connectivity index (χ3n) is 6.54. The van der Waals surface area contributed by atoms with Gasteiger partial charge in [-0.15, -0.1) is 0 Å². The lowest BCUT2D eigenvalue weighted by Crippen LogP contribution is -2.42. The predicted octanol–water partition coefficient (Wildman–Crippen LogP) is 4.43. The number of carbonyl (C=O) groups is 1. The number of carbonyl (C=O) groups excluding carboxylic acids is 1. The summed E-state index contributed by atoms with van der Waals surface area (Å²) in [5.41, 5.74) is 2.32. The first-order valence-electron chi connectivity index (χ1n) is 10.4. The molecule has 0 bridgehead atoms. The summed E-state index contributed by atoms with van der Waals surface area (Å²) in [6, 6.07) is 9.02. The van der Waals surface area contributed by atoms with E-state index in [0.717, 1.165) is 25.1 Å². The summed E-state index contributed by atoms with van der Waals surface area (Å²) in [6.45, 7) is 4.44. The number of hydrogen-bond acceptors (Lipinski definition) is 2. The van der Waals surface area contributed by atoms with Gasteiger partial charge in [-0.3, -0.25) is 4.79 Å². The smallest absolute Gasteiger partial charge is 0.254 e. The number of hydrogen-bond donors (Lipinski definition) is 0. The van der Waals surface area contributed by atoms with Gasteiger partial charge in [0, 0.05) is 24.7 Å². The molecule has 2 saturated heterocycles. The van der Waals surface area contributed by atoms with Crippen LogP contribution >= 0.6 is 0 Å². The van der Waals surface area contributed by atoms with Gasteiger partial charge in [0.2, 0.25) is 0 Å². The lowest BCUT2D eigenvalue weighted by Gasteiger charge is -2.29. The van der Waals surface area contributed by atoms with E-state index in [2.05, 4.69) is 34.1 Å². The monoisotopic (exact) mass is 340 g/mol. The molecule has 1 atom stereocenters. The maximum atomic E-state index is 13.0. The van der Waals surface area contributed by atoms with Gasteiger partial charge in [-0.1, -0.05) is 31.4 Å². The molecular weight excluding hydrogens is 308 g/mol. The molecule has 1 aromatic rings. The number of benzene rings is 1. The summed E-state index contributed by atoms with van der Waals surface area (Å²) in [5, 5.41) is 0. The lowest BCUT2D eigenvalue weighted by atomic mass is 9.84. The Labute approximate surface area is 152 Å². The molecule has 2 aliphatic heterocycles. The summed E-state index contributed by atoms with van der Waals surface area (Å²) in [6.07, 6.45) is 11.7. The van der Waals surface area contributed by atoms with Gasteiger partial charge < -0.3 is 9.80 Å². The molecule has 3 fully saturated rings. The Morgan fingerprint density at radius 1 is 0.840 bits per heavy atom. The fraction of sp³-hybridized carbons (Fsp3) is 0.682. The van der Waals surface area contributed by atoms with E-state index < -0.39 is 0 Å². The van der Waals surface area contributed by atoms with Gasteiger partial charge in [-0.2, -0.15) is 0 Å². The van der Waals surface area contributed by atoms with Crippen LogP contribution in [0.25, 0.3) is 0 Å². The normalized spacial score (nSPS) is 25.6. The molecule has 1 aromatic carbocycles. The minimum Gasteiger partial charge on any atom is -0.334 e. The summed E-state index contributed by atoms with van der Waals surface area (Å²) in [5.74, 6) is 0.962. The van der Waals surface area contributed by atoms with E-state index in [1.165, 1.54) is 70.0 Å². The van der Waals surface area contributed by atoms with Gasteiger partial charge in [0.15, 0.2) is 0 Å². The van der Waals surface area contributed by atoms with E-state index in [0.29, 0.717) is 12.0 Å². The standard InChI is InChI=1S/C22H32N2O/c25-22(24-16-6-9-21(24)17-23-14-4-5-15-23)20-12-10-19(11-13-20)18-7-2-1-3-8-18/h10-13,18,21H,1-9,14-17H2. The Hall–Kier alpha value is -1.35. The van der Waals surface area contributed by atoms with E-state index in [-0.39, 0.29) is 5.91 Å². The van der Waals surface area contributed by atoms with Crippen LogP contribution in [0.5, 0.6) is 0 Å². The van der Waals surface area contributed by atoms with Crippen molar-refractivity contribution in [1.29, 1.82) is 0 Å². The minimum atomic E-state index is 0.247. The van der Waals surface area contributed by atoms with Crippen molar-refractivity contribution in [3.8, 4) is 0 Å². The van der Waals surface area contributed by atoms with Crippen LogP contribution in [0.15, 0.2) is 24.3 Å². The van der Waals surface area contributed by atoms with Gasteiger partial charge in [0.05, 0.1) is 0 Å². The van der Waals surface area contributed by atoms with Crippen LogP contribution in [0.4, 0.5) is 0 Å². The summed E-state index contributed by atoms with van der Waals surface area (Å²) in [7, 11) is 0. The highest BCUT2D eigenvalue weighted by Gasteiger charge is 2.31.